The van der Waals surface area contributed by atoms with E-state index in [1.165, 1.54) is 12.1 Å². The quantitative estimate of drug-likeness (QED) is 0.317. The summed E-state index contributed by atoms with van der Waals surface area (Å²) in [5, 5.41) is 0.280. The first kappa shape index (κ1) is 25.2. The van der Waals surface area contributed by atoms with Crippen LogP contribution in [-0.2, 0) is 23.0 Å². The van der Waals surface area contributed by atoms with Crippen LogP contribution in [-0.4, -0.2) is 31.2 Å². The number of hydrogen-bond donors (Lipinski definition) is 0. The van der Waals surface area contributed by atoms with Crippen LogP contribution in [0, 0.1) is 0 Å². The molecule has 4 aromatic rings. The van der Waals surface area contributed by atoms with E-state index in [2.05, 4.69) is 42.4 Å². The van der Waals surface area contributed by atoms with Crippen molar-refractivity contribution in [1.29, 1.82) is 0 Å². The SMILES string of the molecule is C=Cc1ccc(S(=O)(=O)On2c(CCc3ccc(N(CC)CC)cc3)nc3ccccc3c2=O)cc1. The van der Waals surface area contributed by atoms with Crippen LogP contribution in [0.5, 0.6) is 0 Å². The Morgan fingerprint density at radius 3 is 2.25 bits per heavy atom. The Morgan fingerprint density at radius 1 is 0.944 bits per heavy atom. The molecule has 0 unspecified atom stereocenters. The van der Waals surface area contributed by atoms with Gasteiger partial charge in [0.1, 0.15) is 4.90 Å². The number of aromatic nitrogens is 2. The Hall–Kier alpha value is -3.91. The third-order valence-electron chi connectivity index (χ3n) is 6.08. The molecular formula is C28H29N3O4S. The van der Waals surface area contributed by atoms with Gasteiger partial charge in [-0.3, -0.25) is 9.08 Å². The predicted octanol–water partition coefficient (Wildman–Crippen LogP) is 4.49. The highest BCUT2D eigenvalue weighted by atomic mass is 32.2. The summed E-state index contributed by atoms with van der Waals surface area (Å²) in [7, 11) is -4.27. The summed E-state index contributed by atoms with van der Waals surface area (Å²) in [6, 6.07) is 21.1. The van der Waals surface area contributed by atoms with Gasteiger partial charge in [0.15, 0.2) is 5.82 Å². The highest BCUT2D eigenvalue weighted by molar-refractivity contribution is 7.87. The Morgan fingerprint density at radius 2 is 1.61 bits per heavy atom. The number of para-hydroxylation sites is 1. The van der Waals surface area contributed by atoms with Gasteiger partial charge in [-0.25, -0.2) is 4.98 Å². The van der Waals surface area contributed by atoms with E-state index in [0.29, 0.717) is 18.4 Å². The molecule has 0 amide bonds. The largest absolute Gasteiger partial charge is 0.372 e. The molecule has 4 rings (SSSR count). The van der Waals surface area contributed by atoms with Crippen molar-refractivity contribution >= 4 is 32.8 Å². The molecule has 0 fully saturated rings. The number of hydrogen-bond acceptors (Lipinski definition) is 6. The van der Waals surface area contributed by atoms with Crippen LogP contribution in [0.1, 0.15) is 30.8 Å². The van der Waals surface area contributed by atoms with E-state index in [0.717, 1.165) is 34.6 Å². The van der Waals surface area contributed by atoms with Gasteiger partial charge < -0.3 is 4.90 Å². The minimum absolute atomic E-state index is 0.0638. The second-order valence-corrected chi connectivity index (χ2v) is 9.81. The summed E-state index contributed by atoms with van der Waals surface area (Å²) >= 11 is 0. The first-order chi connectivity index (χ1) is 17.4. The molecule has 36 heavy (non-hydrogen) atoms. The van der Waals surface area contributed by atoms with Crippen molar-refractivity contribution in [3.05, 3.63) is 107 Å². The number of benzene rings is 3. The topological polar surface area (TPSA) is 81.5 Å². The van der Waals surface area contributed by atoms with Crippen LogP contribution >= 0.6 is 0 Å². The van der Waals surface area contributed by atoms with Gasteiger partial charge in [-0.1, -0.05) is 49.1 Å². The molecule has 0 aliphatic rings. The number of aryl methyl sites for hydroxylation is 2. The summed E-state index contributed by atoms with van der Waals surface area (Å²) < 4.78 is 32.3. The average Bonchev–Trinajstić information content (AvgIpc) is 2.91. The summed E-state index contributed by atoms with van der Waals surface area (Å²) in [6.07, 6.45) is 2.48. The Labute approximate surface area is 211 Å². The molecule has 0 aliphatic carbocycles. The molecule has 3 aromatic carbocycles. The van der Waals surface area contributed by atoms with Crippen LogP contribution in [0.3, 0.4) is 0 Å². The number of nitrogens with zero attached hydrogens (tertiary/aromatic N) is 3. The smallest absolute Gasteiger partial charge is 0.357 e. The van der Waals surface area contributed by atoms with Crippen LogP contribution in [0.25, 0.3) is 17.0 Å². The standard InChI is InChI=1S/C28H29N3O4S/c1-4-21-13-18-24(19-14-21)36(33,34)35-31-27(29-26-10-8-7-9-25(26)28(31)32)20-15-22-11-16-23(17-12-22)30(5-2)6-3/h4,7-14,16-19H,1,5-6,15,20H2,2-3H3. The number of anilines is 1. The van der Waals surface area contributed by atoms with E-state index >= 15 is 0 Å². The molecular weight excluding hydrogens is 474 g/mol. The van der Waals surface area contributed by atoms with Crippen LogP contribution in [0.4, 0.5) is 5.69 Å². The first-order valence-electron chi connectivity index (χ1n) is 11.9. The van der Waals surface area contributed by atoms with E-state index in [4.69, 9.17) is 4.28 Å². The maximum absolute atomic E-state index is 13.3. The second-order valence-electron chi connectivity index (χ2n) is 8.29. The zero-order chi connectivity index (χ0) is 25.7. The molecule has 1 aromatic heterocycles. The molecule has 0 aliphatic heterocycles. The fourth-order valence-corrected chi connectivity index (χ4v) is 4.93. The molecule has 0 spiro atoms. The van der Waals surface area contributed by atoms with E-state index in [-0.39, 0.29) is 16.1 Å². The molecule has 0 saturated heterocycles. The van der Waals surface area contributed by atoms with Gasteiger partial charge in [0, 0.05) is 25.2 Å². The Bertz CT molecular complexity index is 1520. The number of rotatable bonds is 10. The molecule has 0 atom stereocenters. The second kappa shape index (κ2) is 10.8. The minimum atomic E-state index is -4.27. The van der Waals surface area contributed by atoms with Crippen molar-refractivity contribution in [3.63, 3.8) is 0 Å². The van der Waals surface area contributed by atoms with E-state index in [1.54, 1.807) is 42.5 Å². The van der Waals surface area contributed by atoms with Crippen molar-refractivity contribution in [2.75, 3.05) is 18.0 Å². The van der Waals surface area contributed by atoms with Crippen LogP contribution < -0.4 is 14.7 Å². The number of fused-ring (bicyclic) bond motifs is 1. The van der Waals surface area contributed by atoms with E-state index in [9.17, 15) is 13.2 Å². The summed E-state index contributed by atoms with van der Waals surface area (Å²) in [4.78, 5) is 20.0. The first-order valence-corrected chi connectivity index (χ1v) is 13.3. The van der Waals surface area contributed by atoms with Gasteiger partial charge in [0.25, 0.3) is 5.56 Å². The van der Waals surface area contributed by atoms with Crippen molar-refractivity contribution in [2.45, 2.75) is 31.6 Å². The van der Waals surface area contributed by atoms with Gasteiger partial charge >= 0.3 is 10.1 Å². The molecule has 7 nitrogen and oxygen atoms in total. The van der Waals surface area contributed by atoms with E-state index in [1.807, 2.05) is 12.1 Å². The molecule has 186 valence electrons. The summed E-state index contributed by atoms with van der Waals surface area (Å²) in [6.45, 7) is 9.75. The molecule has 0 N–H and O–H groups in total. The average molecular weight is 504 g/mol. The Kier molecular flexibility index (Phi) is 7.55. The van der Waals surface area contributed by atoms with Crippen molar-refractivity contribution in [1.82, 2.24) is 9.71 Å². The van der Waals surface area contributed by atoms with Gasteiger partial charge in [-0.2, -0.15) is 8.42 Å². The van der Waals surface area contributed by atoms with Gasteiger partial charge in [-0.15, -0.1) is 4.73 Å². The van der Waals surface area contributed by atoms with E-state index < -0.39 is 15.7 Å². The highest BCUT2D eigenvalue weighted by Crippen LogP contribution is 2.18. The lowest BCUT2D eigenvalue weighted by Crippen LogP contribution is -2.34. The van der Waals surface area contributed by atoms with Gasteiger partial charge in [0.05, 0.1) is 10.9 Å². The van der Waals surface area contributed by atoms with Gasteiger partial charge in [0.2, 0.25) is 0 Å². The van der Waals surface area contributed by atoms with Crippen LogP contribution in [0.15, 0.2) is 89.1 Å². The minimum Gasteiger partial charge on any atom is -0.372 e. The third-order valence-corrected chi connectivity index (χ3v) is 7.28. The lowest BCUT2D eigenvalue weighted by molar-refractivity contribution is 0.252. The maximum Gasteiger partial charge on any atom is 0.357 e. The van der Waals surface area contributed by atoms with Crippen LogP contribution in [0.2, 0.25) is 0 Å². The lowest BCUT2D eigenvalue weighted by Gasteiger charge is -2.21. The predicted molar refractivity (Wildman–Crippen MR) is 144 cm³/mol. The zero-order valence-corrected chi connectivity index (χ0v) is 21.2. The highest BCUT2D eigenvalue weighted by Gasteiger charge is 2.21. The molecule has 0 saturated carbocycles. The summed E-state index contributed by atoms with van der Waals surface area (Å²) in [5.74, 6) is 0.234. The monoisotopic (exact) mass is 503 g/mol. The fourth-order valence-electron chi connectivity index (χ4n) is 4.03. The van der Waals surface area contributed by atoms with Gasteiger partial charge in [-0.05, 0) is 67.8 Å². The molecule has 1 heterocycles. The summed E-state index contributed by atoms with van der Waals surface area (Å²) in [5.41, 5.74) is 2.87. The van der Waals surface area contributed by atoms with Crippen molar-refractivity contribution in [2.24, 2.45) is 0 Å². The molecule has 8 heteroatoms. The Balaban J connectivity index is 1.67. The van der Waals surface area contributed by atoms with Crippen molar-refractivity contribution in [3.8, 4) is 0 Å². The maximum atomic E-state index is 13.3. The normalized spacial score (nSPS) is 11.4. The van der Waals surface area contributed by atoms with Crippen molar-refractivity contribution < 1.29 is 12.7 Å². The molecule has 0 radical (unpaired) electrons. The lowest BCUT2D eigenvalue weighted by atomic mass is 10.1. The zero-order valence-electron chi connectivity index (χ0n) is 20.4. The fraction of sp³-hybridized carbons (Fsp3) is 0.214. The molecule has 0 bridgehead atoms. The third kappa shape index (κ3) is 5.33.